The van der Waals surface area contributed by atoms with Crippen molar-refractivity contribution < 1.29 is 14.3 Å². The van der Waals surface area contributed by atoms with E-state index in [2.05, 4.69) is 4.90 Å². The lowest BCUT2D eigenvalue weighted by Gasteiger charge is -2.36. The third-order valence-corrected chi connectivity index (χ3v) is 6.73. The highest BCUT2D eigenvalue weighted by atomic mass is 32.2. The Morgan fingerprint density at radius 2 is 2.03 bits per heavy atom. The van der Waals surface area contributed by atoms with Crippen LogP contribution in [-0.4, -0.2) is 70.1 Å². The molecule has 2 fully saturated rings. The summed E-state index contributed by atoms with van der Waals surface area (Å²) >= 11 is 6.63. The van der Waals surface area contributed by atoms with E-state index in [1.165, 1.54) is 16.2 Å². The molecule has 10 heteroatoms. The molecule has 2 aromatic heterocycles. The standard InChI is InChI=1S/C22H26N4O4S2/c1-14-12-24(13-15(2)30-14)19-16(20(27)25-8-5-4-7-18(25)23-19)11-17-21(28)26(22(31)32-17)9-6-10-29-3/h4-5,7-8,11,14-15H,6,9-10,12-13H2,1-3H3/b17-11-/t14-,15-/m0/s1. The van der Waals surface area contributed by atoms with Crippen LogP contribution in [0, 0.1) is 0 Å². The topological polar surface area (TPSA) is 76.4 Å². The predicted molar refractivity (Wildman–Crippen MR) is 130 cm³/mol. The zero-order chi connectivity index (χ0) is 22.8. The number of hydrogen-bond acceptors (Lipinski definition) is 8. The van der Waals surface area contributed by atoms with Gasteiger partial charge in [0.25, 0.3) is 11.5 Å². The van der Waals surface area contributed by atoms with E-state index in [1.54, 1.807) is 36.4 Å². The molecule has 0 unspecified atom stereocenters. The number of fused-ring (bicyclic) bond motifs is 1. The van der Waals surface area contributed by atoms with Gasteiger partial charge in [-0.15, -0.1) is 0 Å². The molecule has 0 spiro atoms. The largest absolute Gasteiger partial charge is 0.385 e. The predicted octanol–water partition coefficient (Wildman–Crippen LogP) is 2.55. The number of methoxy groups -OCH3 is 1. The van der Waals surface area contributed by atoms with Gasteiger partial charge in [-0.05, 0) is 38.5 Å². The normalized spacial score (nSPS) is 23.0. The summed E-state index contributed by atoms with van der Waals surface area (Å²) in [4.78, 5) is 35.3. The van der Waals surface area contributed by atoms with Crippen molar-refractivity contribution >= 4 is 51.7 Å². The van der Waals surface area contributed by atoms with Crippen molar-refractivity contribution in [1.29, 1.82) is 0 Å². The Labute approximate surface area is 196 Å². The molecule has 2 aliphatic heterocycles. The minimum absolute atomic E-state index is 0.00150. The van der Waals surface area contributed by atoms with Crippen LogP contribution in [0.15, 0.2) is 34.1 Å². The van der Waals surface area contributed by atoms with Crippen LogP contribution in [0.3, 0.4) is 0 Å². The zero-order valence-corrected chi connectivity index (χ0v) is 19.9. The first-order valence-corrected chi connectivity index (χ1v) is 11.8. The van der Waals surface area contributed by atoms with Crippen molar-refractivity contribution in [3.05, 3.63) is 45.2 Å². The minimum Gasteiger partial charge on any atom is -0.385 e. The van der Waals surface area contributed by atoms with Gasteiger partial charge < -0.3 is 14.4 Å². The molecule has 2 aromatic rings. The number of morpholine rings is 1. The Morgan fingerprint density at radius 1 is 1.28 bits per heavy atom. The van der Waals surface area contributed by atoms with E-state index in [0.717, 1.165) is 0 Å². The van der Waals surface area contributed by atoms with Gasteiger partial charge in [0.2, 0.25) is 0 Å². The molecule has 0 aromatic carbocycles. The Morgan fingerprint density at radius 3 is 2.75 bits per heavy atom. The summed E-state index contributed by atoms with van der Waals surface area (Å²) in [6.45, 7) is 6.25. The van der Waals surface area contributed by atoms with Crippen LogP contribution in [0.1, 0.15) is 25.8 Å². The van der Waals surface area contributed by atoms with Gasteiger partial charge in [-0.3, -0.25) is 18.9 Å². The van der Waals surface area contributed by atoms with Gasteiger partial charge in [-0.25, -0.2) is 4.98 Å². The number of nitrogens with zero attached hydrogens (tertiary/aromatic N) is 4. The van der Waals surface area contributed by atoms with E-state index in [-0.39, 0.29) is 23.7 Å². The van der Waals surface area contributed by atoms with Crippen LogP contribution >= 0.6 is 24.0 Å². The van der Waals surface area contributed by atoms with E-state index in [0.29, 0.717) is 58.9 Å². The maximum atomic E-state index is 13.5. The number of thioether (sulfide) groups is 1. The molecule has 2 saturated heterocycles. The molecule has 170 valence electrons. The fourth-order valence-corrected chi connectivity index (χ4v) is 5.29. The van der Waals surface area contributed by atoms with Crippen LogP contribution in [0.5, 0.6) is 0 Å². The van der Waals surface area contributed by atoms with Crippen LogP contribution in [0.2, 0.25) is 0 Å². The average Bonchev–Trinajstić information content (AvgIpc) is 3.02. The highest BCUT2D eigenvalue weighted by Crippen LogP contribution is 2.34. The van der Waals surface area contributed by atoms with Crippen molar-refractivity contribution in [2.75, 3.05) is 38.3 Å². The molecular formula is C22H26N4O4S2. The maximum Gasteiger partial charge on any atom is 0.267 e. The number of rotatable bonds is 6. The third kappa shape index (κ3) is 4.59. The number of aromatic nitrogens is 2. The maximum absolute atomic E-state index is 13.5. The lowest BCUT2D eigenvalue weighted by atomic mass is 10.2. The SMILES string of the molecule is COCCCN1C(=O)/C(=C/c2c(N3C[C@H](C)O[C@@H](C)C3)nc3ccccn3c2=O)SC1=S. The minimum atomic E-state index is -0.220. The number of hydrogen-bond donors (Lipinski definition) is 0. The summed E-state index contributed by atoms with van der Waals surface area (Å²) < 4.78 is 12.9. The molecule has 4 heterocycles. The first-order valence-electron chi connectivity index (χ1n) is 10.5. The molecule has 2 atom stereocenters. The van der Waals surface area contributed by atoms with Gasteiger partial charge in [0.05, 0.1) is 22.7 Å². The highest BCUT2D eigenvalue weighted by Gasteiger charge is 2.33. The van der Waals surface area contributed by atoms with E-state index in [4.69, 9.17) is 26.7 Å². The lowest BCUT2D eigenvalue weighted by Crippen LogP contribution is -2.46. The van der Waals surface area contributed by atoms with Crippen LogP contribution < -0.4 is 10.5 Å². The molecular weight excluding hydrogens is 448 g/mol. The van der Waals surface area contributed by atoms with Gasteiger partial charge >= 0.3 is 0 Å². The Kier molecular flexibility index (Phi) is 6.94. The summed E-state index contributed by atoms with van der Waals surface area (Å²) in [5, 5.41) is 0. The molecule has 32 heavy (non-hydrogen) atoms. The summed E-state index contributed by atoms with van der Waals surface area (Å²) in [5.41, 5.74) is 0.720. The number of carbonyl (C=O) groups excluding carboxylic acids is 1. The summed E-state index contributed by atoms with van der Waals surface area (Å²) in [6.07, 6.45) is 4.02. The molecule has 0 radical (unpaired) electrons. The summed E-state index contributed by atoms with van der Waals surface area (Å²) in [7, 11) is 1.62. The van der Waals surface area contributed by atoms with Gasteiger partial charge in [0.1, 0.15) is 15.8 Å². The summed E-state index contributed by atoms with van der Waals surface area (Å²) in [6, 6.07) is 5.44. The van der Waals surface area contributed by atoms with Crippen molar-refractivity contribution in [2.24, 2.45) is 0 Å². The molecule has 2 aliphatic rings. The second kappa shape index (κ2) is 9.70. The number of anilines is 1. The average molecular weight is 475 g/mol. The molecule has 0 aliphatic carbocycles. The van der Waals surface area contributed by atoms with E-state index in [9.17, 15) is 9.59 Å². The van der Waals surface area contributed by atoms with E-state index < -0.39 is 0 Å². The first kappa shape index (κ1) is 22.9. The number of amides is 1. The van der Waals surface area contributed by atoms with Gasteiger partial charge in [0.15, 0.2) is 0 Å². The number of pyridine rings is 1. The molecule has 8 nitrogen and oxygen atoms in total. The van der Waals surface area contributed by atoms with Gasteiger partial charge in [0, 0.05) is 39.5 Å². The third-order valence-electron chi connectivity index (χ3n) is 5.35. The Balaban J connectivity index is 1.77. The van der Waals surface area contributed by atoms with E-state index in [1.807, 2.05) is 19.9 Å². The molecule has 0 saturated carbocycles. The Bertz CT molecular complexity index is 1120. The zero-order valence-electron chi connectivity index (χ0n) is 18.3. The fourth-order valence-electron chi connectivity index (χ4n) is 4.00. The molecule has 0 N–H and O–H groups in total. The highest BCUT2D eigenvalue weighted by molar-refractivity contribution is 8.26. The van der Waals surface area contributed by atoms with Crippen LogP contribution in [0.4, 0.5) is 5.82 Å². The molecule has 0 bridgehead atoms. The smallest absolute Gasteiger partial charge is 0.267 e. The van der Waals surface area contributed by atoms with Gasteiger partial charge in [-0.2, -0.15) is 0 Å². The van der Waals surface area contributed by atoms with Gasteiger partial charge in [-0.1, -0.05) is 30.0 Å². The monoisotopic (exact) mass is 474 g/mol. The van der Waals surface area contributed by atoms with Crippen molar-refractivity contribution in [3.63, 3.8) is 0 Å². The number of thiocarbonyl (C=S) groups is 1. The first-order chi connectivity index (χ1) is 15.4. The van der Waals surface area contributed by atoms with Crippen molar-refractivity contribution in [2.45, 2.75) is 32.5 Å². The quantitative estimate of drug-likeness (QED) is 0.359. The fraction of sp³-hybridized carbons (Fsp3) is 0.455. The van der Waals surface area contributed by atoms with E-state index >= 15 is 0 Å². The second-order valence-corrected chi connectivity index (χ2v) is 9.60. The number of ether oxygens (including phenoxy) is 2. The molecule has 4 rings (SSSR count). The summed E-state index contributed by atoms with van der Waals surface area (Å²) in [5.74, 6) is 0.371. The lowest BCUT2D eigenvalue weighted by molar-refractivity contribution is -0.122. The second-order valence-electron chi connectivity index (χ2n) is 7.93. The molecule has 1 amide bonds. The Hall–Kier alpha value is -2.27. The van der Waals surface area contributed by atoms with Crippen LogP contribution in [-0.2, 0) is 14.3 Å². The van der Waals surface area contributed by atoms with Crippen LogP contribution in [0.25, 0.3) is 11.7 Å². The number of carbonyl (C=O) groups is 1. The van der Waals surface area contributed by atoms with Crippen molar-refractivity contribution in [1.82, 2.24) is 14.3 Å². The van der Waals surface area contributed by atoms with Crippen molar-refractivity contribution in [3.8, 4) is 0 Å².